The summed E-state index contributed by atoms with van der Waals surface area (Å²) in [5.74, 6) is -2.02. The van der Waals surface area contributed by atoms with Crippen molar-refractivity contribution in [1.82, 2.24) is 4.90 Å². The van der Waals surface area contributed by atoms with Crippen molar-refractivity contribution in [2.75, 3.05) is 13.1 Å². The van der Waals surface area contributed by atoms with E-state index < -0.39 is 23.0 Å². The van der Waals surface area contributed by atoms with Crippen LogP contribution in [0, 0.1) is 11.2 Å². The Morgan fingerprint density at radius 1 is 1.20 bits per heavy atom. The number of hydrogen-bond acceptors (Lipinski definition) is 3. The highest BCUT2D eigenvalue weighted by atomic mass is 35.5. The molecule has 1 aliphatic heterocycles. The molecule has 3 rings (SSSR count). The zero-order valence-corrected chi connectivity index (χ0v) is 14.0. The van der Waals surface area contributed by atoms with Crippen LogP contribution >= 0.6 is 11.6 Å². The van der Waals surface area contributed by atoms with Crippen LogP contribution in [0.2, 0.25) is 5.02 Å². The highest BCUT2D eigenvalue weighted by Crippen LogP contribution is 2.35. The molecule has 0 atom stereocenters. The molecular weight excluding hydrogens is 347 g/mol. The van der Waals surface area contributed by atoms with Gasteiger partial charge in [-0.05, 0) is 42.3 Å². The summed E-state index contributed by atoms with van der Waals surface area (Å²) < 4.78 is 13.8. The SMILES string of the molecule is NC(=O)C1(Cc2ccc(Cl)cc2)CN(C(=O)c2cc(O)ccc2F)C1. The first-order valence-corrected chi connectivity index (χ1v) is 8.01. The van der Waals surface area contributed by atoms with Crippen molar-refractivity contribution in [1.29, 1.82) is 0 Å². The standard InChI is InChI=1S/C18H16ClFN2O3/c19-12-3-1-11(2-4-12)8-18(17(21)25)9-22(10-18)16(24)14-7-13(23)5-6-15(14)20/h1-7,23H,8-10H2,(H2,21,25). The van der Waals surface area contributed by atoms with Crippen LogP contribution < -0.4 is 5.73 Å². The molecule has 2 amide bonds. The minimum Gasteiger partial charge on any atom is -0.508 e. The number of hydrogen-bond donors (Lipinski definition) is 2. The van der Waals surface area contributed by atoms with E-state index >= 15 is 0 Å². The Balaban J connectivity index is 1.76. The van der Waals surface area contributed by atoms with E-state index in [1.165, 1.54) is 4.90 Å². The molecule has 2 aromatic carbocycles. The van der Waals surface area contributed by atoms with E-state index in [1.54, 1.807) is 24.3 Å². The summed E-state index contributed by atoms with van der Waals surface area (Å²) in [4.78, 5) is 25.7. The quantitative estimate of drug-likeness (QED) is 0.875. The number of benzene rings is 2. The van der Waals surface area contributed by atoms with Crippen molar-refractivity contribution in [3.05, 3.63) is 64.4 Å². The van der Waals surface area contributed by atoms with E-state index in [-0.39, 0.29) is 24.4 Å². The molecule has 0 aromatic heterocycles. The molecular formula is C18H16ClFN2O3. The van der Waals surface area contributed by atoms with Gasteiger partial charge in [-0.1, -0.05) is 23.7 Å². The second kappa shape index (κ2) is 6.37. The van der Waals surface area contributed by atoms with Gasteiger partial charge in [-0.3, -0.25) is 9.59 Å². The molecule has 0 bridgehead atoms. The van der Waals surface area contributed by atoms with E-state index in [4.69, 9.17) is 17.3 Å². The van der Waals surface area contributed by atoms with Gasteiger partial charge in [0.2, 0.25) is 5.91 Å². The number of nitrogens with two attached hydrogens (primary N) is 1. The molecule has 0 unspecified atom stereocenters. The number of phenolic OH excluding ortho intramolecular Hbond substituents is 1. The summed E-state index contributed by atoms with van der Waals surface area (Å²) >= 11 is 5.85. The molecule has 130 valence electrons. The van der Waals surface area contributed by atoms with E-state index in [0.717, 1.165) is 23.8 Å². The van der Waals surface area contributed by atoms with Crippen molar-refractivity contribution in [2.24, 2.45) is 11.1 Å². The van der Waals surface area contributed by atoms with Crippen LogP contribution in [0.4, 0.5) is 4.39 Å². The van der Waals surface area contributed by atoms with Crippen LogP contribution in [-0.2, 0) is 11.2 Å². The fourth-order valence-corrected chi connectivity index (χ4v) is 3.15. The predicted octanol–water partition coefficient (Wildman–Crippen LogP) is 2.35. The fourth-order valence-electron chi connectivity index (χ4n) is 3.02. The molecule has 1 heterocycles. The van der Waals surface area contributed by atoms with E-state index in [0.29, 0.717) is 11.4 Å². The summed E-state index contributed by atoms with van der Waals surface area (Å²) in [7, 11) is 0. The Hall–Kier alpha value is -2.60. The molecule has 1 aliphatic rings. The summed E-state index contributed by atoms with van der Waals surface area (Å²) in [5.41, 5.74) is 5.30. The normalized spacial score (nSPS) is 15.5. The van der Waals surface area contributed by atoms with Crippen LogP contribution in [0.3, 0.4) is 0 Å². The Labute approximate surface area is 148 Å². The van der Waals surface area contributed by atoms with Crippen LogP contribution in [-0.4, -0.2) is 34.9 Å². The van der Waals surface area contributed by atoms with Crippen LogP contribution in [0.15, 0.2) is 42.5 Å². The number of primary amides is 1. The van der Waals surface area contributed by atoms with Crippen molar-refractivity contribution in [2.45, 2.75) is 6.42 Å². The van der Waals surface area contributed by atoms with Gasteiger partial charge in [0.15, 0.2) is 0 Å². The van der Waals surface area contributed by atoms with Crippen LogP contribution in [0.1, 0.15) is 15.9 Å². The highest BCUT2D eigenvalue weighted by molar-refractivity contribution is 6.30. The molecule has 3 N–H and O–H groups in total. The number of amides is 2. The molecule has 2 aromatic rings. The molecule has 25 heavy (non-hydrogen) atoms. The van der Waals surface area contributed by atoms with E-state index in [1.807, 2.05) is 0 Å². The number of rotatable bonds is 4. The molecule has 0 aliphatic carbocycles. The van der Waals surface area contributed by atoms with Gasteiger partial charge in [0.1, 0.15) is 11.6 Å². The minimum atomic E-state index is -0.892. The lowest BCUT2D eigenvalue weighted by Gasteiger charge is -2.48. The Bertz CT molecular complexity index is 833. The third-order valence-electron chi connectivity index (χ3n) is 4.43. The second-order valence-electron chi connectivity index (χ2n) is 6.27. The monoisotopic (exact) mass is 362 g/mol. The number of carbonyl (C=O) groups excluding carboxylic acids is 2. The maximum atomic E-state index is 13.8. The van der Waals surface area contributed by atoms with Gasteiger partial charge in [-0.25, -0.2) is 4.39 Å². The lowest BCUT2D eigenvalue weighted by molar-refractivity contribution is -0.135. The third-order valence-corrected chi connectivity index (χ3v) is 4.69. The average Bonchev–Trinajstić information content (AvgIpc) is 2.53. The molecule has 0 spiro atoms. The van der Waals surface area contributed by atoms with Gasteiger partial charge in [0, 0.05) is 18.1 Å². The molecule has 0 radical (unpaired) electrons. The largest absolute Gasteiger partial charge is 0.508 e. The van der Waals surface area contributed by atoms with E-state index in [2.05, 4.69) is 0 Å². The zero-order chi connectivity index (χ0) is 18.2. The molecule has 1 saturated heterocycles. The maximum Gasteiger partial charge on any atom is 0.257 e. The summed E-state index contributed by atoms with van der Waals surface area (Å²) in [5, 5.41) is 10.0. The third kappa shape index (κ3) is 3.30. The second-order valence-corrected chi connectivity index (χ2v) is 6.71. The summed E-state index contributed by atoms with van der Waals surface area (Å²) in [6.07, 6.45) is 0.367. The molecule has 0 saturated carbocycles. The van der Waals surface area contributed by atoms with Crippen molar-refractivity contribution in [3.63, 3.8) is 0 Å². The lowest BCUT2D eigenvalue weighted by atomic mass is 9.74. The molecule has 7 heteroatoms. The fraction of sp³-hybridized carbons (Fsp3) is 0.222. The number of nitrogens with zero attached hydrogens (tertiary/aromatic N) is 1. The smallest absolute Gasteiger partial charge is 0.257 e. The van der Waals surface area contributed by atoms with Crippen molar-refractivity contribution >= 4 is 23.4 Å². The first-order chi connectivity index (χ1) is 11.8. The first kappa shape index (κ1) is 17.2. The predicted molar refractivity (Wildman–Crippen MR) is 90.8 cm³/mol. The van der Waals surface area contributed by atoms with Crippen molar-refractivity contribution in [3.8, 4) is 5.75 Å². The number of aromatic hydroxyl groups is 1. The lowest BCUT2D eigenvalue weighted by Crippen LogP contribution is -2.65. The summed E-state index contributed by atoms with van der Waals surface area (Å²) in [6, 6.07) is 10.3. The zero-order valence-electron chi connectivity index (χ0n) is 13.2. The Morgan fingerprint density at radius 3 is 2.44 bits per heavy atom. The van der Waals surface area contributed by atoms with Gasteiger partial charge >= 0.3 is 0 Å². The van der Waals surface area contributed by atoms with Gasteiger partial charge in [0.05, 0.1) is 11.0 Å². The molecule has 5 nitrogen and oxygen atoms in total. The molecule has 1 fully saturated rings. The van der Waals surface area contributed by atoms with Gasteiger partial charge in [-0.15, -0.1) is 0 Å². The first-order valence-electron chi connectivity index (χ1n) is 7.63. The number of carbonyl (C=O) groups is 2. The Morgan fingerprint density at radius 2 is 1.84 bits per heavy atom. The van der Waals surface area contributed by atoms with E-state index in [9.17, 15) is 19.1 Å². The summed E-state index contributed by atoms with van der Waals surface area (Å²) in [6.45, 7) is 0.192. The maximum absolute atomic E-state index is 13.8. The van der Waals surface area contributed by atoms with Crippen LogP contribution in [0.25, 0.3) is 0 Å². The van der Waals surface area contributed by atoms with Crippen molar-refractivity contribution < 1.29 is 19.1 Å². The average molecular weight is 363 g/mol. The number of phenols is 1. The van der Waals surface area contributed by atoms with Crippen LogP contribution in [0.5, 0.6) is 5.75 Å². The highest BCUT2D eigenvalue weighted by Gasteiger charge is 2.50. The van der Waals surface area contributed by atoms with Gasteiger partial charge in [-0.2, -0.15) is 0 Å². The minimum absolute atomic E-state index is 0.0961. The number of likely N-dealkylation sites (tertiary alicyclic amines) is 1. The number of halogens is 2. The van der Waals surface area contributed by atoms with Gasteiger partial charge in [0.25, 0.3) is 5.91 Å². The van der Waals surface area contributed by atoms with Gasteiger partial charge < -0.3 is 15.7 Å². The Kier molecular flexibility index (Phi) is 4.39. The topological polar surface area (TPSA) is 83.6 Å².